The first-order valence-electron chi connectivity index (χ1n) is 9.56. The lowest BCUT2D eigenvalue weighted by Crippen LogP contribution is -2.46. The molecular weight excluding hydrogens is 446 g/mol. The van der Waals surface area contributed by atoms with Gasteiger partial charge in [0.15, 0.2) is 5.69 Å². The van der Waals surface area contributed by atoms with Crippen LogP contribution in [0.4, 0.5) is 28.9 Å². The van der Waals surface area contributed by atoms with Crippen LogP contribution >= 0.6 is 0 Å². The molecule has 0 saturated heterocycles. The van der Waals surface area contributed by atoms with E-state index in [1.807, 2.05) is 0 Å². The number of rotatable bonds is 4. The van der Waals surface area contributed by atoms with Crippen LogP contribution in [0.15, 0.2) is 48.7 Å². The van der Waals surface area contributed by atoms with E-state index in [0.29, 0.717) is 0 Å². The summed E-state index contributed by atoms with van der Waals surface area (Å²) >= 11 is 0. The van der Waals surface area contributed by atoms with E-state index in [2.05, 4.69) is 10.4 Å². The molecule has 172 valence electrons. The van der Waals surface area contributed by atoms with Crippen LogP contribution in [0, 0.1) is 5.82 Å². The van der Waals surface area contributed by atoms with E-state index >= 15 is 0 Å². The minimum absolute atomic E-state index is 0.0142. The quantitative estimate of drug-likeness (QED) is 0.578. The molecule has 1 aliphatic rings. The zero-order chi connectivity index (χ0) is 23.9. The molecular formula is C21H17F4N5O3. The lowest BCUT2D eigenvalue weighted by atomic mass is 10.1. The number of halogens is 4. The number of benzene rings is 2. The third-order valence-corrected chi connectivity index (χ3v) is 5.05. The standard InChI is InChI=1S/C21H17F4N5O3/c1-33-15-7-11(6-13(22)8-15)19(31)28-16-9-27-30-17(26)10-29(20(32)18(16)30)14-4-2-12(3-5-14)21(23,24)25/h2-9,17H,10,26H2,1H3,(H,28,31). The van der Waals surface area contributed by atoms with Gasteiger partial charge >= 0.3 is 6.18 Å². The van der Waals surface area contributed by atoms with Crippen molar-refractivity contribution in [3.05, 3.63) is 71.3 Å². The fourth-order valence-electron chi connectivity index (χ4n) is 3.45. The van der Waals surface area contributed by atoms with Crippen LogP contribution in [0.2, 0.25) is 0 Å². The summed E-state index contributed by atoms with van der Waals surface area (Å²) < 4.78 is 58.5. The van der Waals surface area contributed by atoms with E-state index in [1.165, 1.54) is 29.0 Å². The molecule has 4 rings (SSSR count). The summed E-state index contributed by atoms with van der Waals surface area (Å²) in [6.07, 6.45) is -4.12. The maximum absolute atomic E-state index is 13.8. The number of aromatic nitrogens is 2. The Kier molecular flexibility index (Phi) is 5.54. The van der Waals surface area contributed by atoms with E-state index < -0.39 is 35.5 Å². The first-order chi connectivity index (χ1) is 15.6. The van der Waals surface area contributed by atoms with Gasteiger partial charge < -0.3 is 20.7 Å². The highest BCUT2D eigenvalue weighted by Crippen LogP contribution is 2.33. The third-order valence-electron chi connectivity index (χ3n) is 5.05. The molecule has 2 heterocycles. The Morgan fingerprint density at radius 1 is 1.21 bits per heavy atom. The van der Waals surface area contributed by atoms with Crippen molar-refractivity contribution in [3.63, 3.8) is 0 Å². The molecule has 1 atom stereocenters. The predicted octanol–water partition coefficient (Wildman–Crippen LogP) is 3.42. The van der Waals surface area contributed by atoms with Gasteiger partial charge in [-0.05, 0) is 36.4 Å². The molecule has 8 nitrogen and oxygen atoms in total. The SMILES string of the molecule is COc1cc(F)cc(C(=O)Nc2cnn3c2C(=O)N(c2ccc(C(F)(F)F)cc2)CC3N)c1. The molecule has 12 heteroatoms. The lowest BCUT2D eigenvalue weighted by molar-refractivity contribution is -0.137. The van der Waals surface area contributed by atoms with Crippen LogP contribution in [-0.2, 0) is 6.18 Å². The molecule has 1 aromatic heterocycles. The monoisotopic (exact) mass is 463 g/mol. The van der Waals surface area contributed by atoms with Crippen molar-refractivity contribution >= 4 is 23.2 Å². The van der Waals surface area contributed by atoms with E-state index in [9.17, 15) is 27.2 Å². The summed E-state index contributed by atoms with van der Waals surface area (Å²) in [7, 11) is 1.32. The number of alkyl halides is 3. The van der Waals surface area contributed by atoms with Gasteiger partial charge in [-0.3, -0.25) is 9.59 Å². The summed E-state index contributed by atoms with van der Waals surface area (Å²) in [4.78, 5) is 27.0. The van der Waals surface area contributed by atoms with Crippen LogP contribution in [0.1, 0.15) is 32.6 Å². The van der Waals surface area contributed by atoms with Crippen molar-refractivity contribution in [2.75, 3.05) is 23.9 Å². The van der Waals surface area contributed by atoms with Gasteiger partial charge in [-0.15, -0.1) is 0 Å². The van der Waals surface area contributed by atoms with Gasteiger partial charge in [-0.25, -0.2) is 9.07 Å². The minimum atomic E-state index is -4.52. The van der Waals surface area contributed by atoms with Gasteiger partial charge in [0.05, 0.1) is 31.1 Å². The topological polar surface area (TPSA) is 102 Å². The van der Waals surface area contributed by atoms with Gasteiger partial charge in [0.25, 0.3) is 11.8 Å². The normalized spacial score (nSPS) is 15.9. The number of hydrogen-bond donors (Lipinski definition) is 2. The molecule has 0 fully saturated rings. The Labute approximate surface area is 184 Å². The molecule has 0 radical (unpaired) electrons. The Hall–Kier alpha value is -3.93. The third kappa shape index (κ3) is 4.24. The second-order valence-electron chi connectivity index (χ2n) is 7.21. The largest absolute Gasteiger partial charge is 0.497 e. The number of anilines is 2. The smallest absolute Gasteiger partial charge is 0.416 e. The second-order valence-corrected chi connectivity index (χ2v) is 7.21. The molecule has 0 saturated carbocycles. The number of ether oxygens (including phenoxy) is 1. The maximum Gasteiger partial charge on any atom is 0.416 e. The molecule has 0 bridgehead atoms. The number of nitrogens with two attached hydrogens (primary N) is 1. The Morgan fingerprint density at radius 2 is 1.91 bits per heavy atom. The van der Waals surface area contributed by atoms with Crippen molar-refractivity contribution in [1.29, 1.82) is 0 Å². The van der Waals surface area contributed by atoms with Gasteiger partial charge in [-0.1, -0.05) is 0 Å². The second kappa shape index (κ2) is 8.20. The van der Waals surface area contributed by atoms with Crippen molar-refractivity contribution < 1.29 is 31.9 Å². The zero-order valence-electron chi connectivity index (χ0n) is 17.1. The van der Waals surface area contributed by atoms with Crippen molar-refractivity contribution in [1.82, 2.24) is 9.78 Å². The highest BCUT2D eigenvalue weighted by atomic mass is 19.4. The summed E-state index contributed by atoms with van der Waals surface area (Å²) in [5, 5.41) is 6.54. The maximum atomic E-state index is 13.8. The average Bonchev–Trinajstić information content (AvgIpc) is 3.19. The van der Waals surface area contributed by atoms with Gasteiger partial charge in [0.1, 0.15) is 17.7 Å². The number of hydrogen-bond acceptors (Lipinski definition) is 5. The van der Waals surface area contributed by atoms with Gasteiger partial charge in [0.2, 0.25) is 0 Å². The number of amides is 2. The predicted molar refractivity (Wildman–Crippen MR) is 109 cm³/mol. The van der Waals surface area contributed by atoms with E-state index in [0.717, 1.165) is 36.4 Å². The van der Waals surface area contributed by atoms with Crippen molar-refractivity contribution in [2.45, 2.75) is 12.3 Å². The van der Waals surface area contributed by atoms with Gasteiger partial charge in [-0.2, -0.15) is 18.3 Å². The van der Waals surface area contributed by atoms with Crippen molar-refractivity contribution in [2.24, 2.45) is 5.73 Å². The summed E-state index contributed by atoms with van der Waals surface area (Å²) in [5.41, 5.74) is 5.33. The van der Waals surface area contributed by atoms with Crippen LogP contribution in [0.3, 0.4) is 0 Å². The number of carbonyl (C=O) groups excluding carboxylic acids is 2. The number of nitrogens with zero attached hydrogens (tertiary/aromatic N) is 3. The first-order valence-corrected chi connectivity index (χ1v) is 9.56. The van der Waals surface area contributed by atoms with Crippen LogP contribution in [0.25, 0.3) is 0 Å². The highest BCUT2D eigenvalue weighted by Gasteiger charge is 2.35. The minimum Gasteiger partial charge on any atom is -0.497 e. The molecule has 2 aromatic carbocycles. The van der Waals surface area contributed by atoms with Gasteiger partial charge in [0, 0.05) is 17.3 Å². The lowest BCUT2D eigenvalue weighted by Gasteiger charge is -2.32. The molecule has 3 N–H and O–H groups in total. The van der Waals surface area contributed by atoms with E-state index in [-0.39, 0.29) is 34.9 Å². The fourth-order valence-corrected chi connectivity index (χ4v) is 3.45. The molecule has 1 unspecified atom stereocenters. The Balaban J connectivity index is 1.63. The van der Waals surface area contributed by atoms with Crippen LogP contribution < -0.4 is 20.7 Å². The molecule has 0 aliphatic carbocycles. The number of fused-ring (bicyclic) bond motifs is 1. The van der Waals surface area contributed by atoms with Crippen molar-refractivity contribution in [3.8, 4) is 5.75 Å². The summed E-state index contributed by atoms with van der Waals surface area (Å²) in [5.74, 6) is -1.91. The van der Waals surface area contributed by atoms with E-state index in [4.69, 9.17) is 10.5 Å². The molecule has 33 heavy (non-hydrogen) atoms. The fraction of sp³-hybridized carbons (Fsp3) is 0.190. The number of nitrogens with one attached hydrogen (secondary N) is 1. The molecule has 0 spiro atoms. The zero-order valence-corrected chi connectivity index (χ0v) is 17.1. The molecule has 3 aromatic rings. The average molecular weight is 463 g/mol. The van der Waals surface area contributed by atoms with E-state index in [1.54, 1.807) is 0 Å². The first kappa shape index (κ1) is 22.3. The highest BCUT2D eigenvalue weighted by molar-refractivity contribution is 6.13. The number of carbonyl (C=O) groups is 2. The molecule has 2 amide bonds. The number of methoxy groups -OCH3 is 1. The summed E-state index contributed by atoms with van der Waals surface area (Å²) in [6.45, 7) is -0.0483. The van der Waals surface area contributed by atoms with Crippen LogP contribution in [-0.4, -0.2) is 35.2 Å². The Morgan fingerprint density at radius 3 is 2.55 bits per heavy atom. The Bertz CT molecular complexity index is 1220. The summed E-state index contributed by atoms with van der Waals surface area (Å²) in [6, 6.07) is 7.46. The molecule has 1 aliphatic heterocycles. The van der Waals surface area contributed by atoms with Crippen LogP contribution in [0.5, 0.6) is 5.75 Å².